The largest absolute Gasteiger partial charge is 0.445 e. The molecule has 0 unspecified atom stereocenters. The van der Waals surface area contributed by atoms with E-state index < -0.39 is 0 Å². The van der Waals surface area contributed by atoms with Gasteiger partial charge < -0.3 is 4.42 Å². The standard InChI is InChI=1S/C11H6Br3ClN2O/c12-5-3-6(18-9(5)14)11-16-8(4-1-2-4)7(13)10(15)17-11/h3-4H,1-2H2. The molecule has 1 aliphatic rings. The van der Waals surface area contributed by atoms with Crippen molar-refractivity contribution in [1.82, 2.24) is 9.97 Å². The maximum atomic E-state index is 6.12. The van der Waals surface area contributed by atoms with Gasteiger partial charge in [0.2, 0.25) is 0 Å². The number of halogens is 4. The van der Waals surface area contributed by atoms with Crippen molar-refractivity contribution in [1.29, 1.82) is 0 Å². The fraction of sp³-hybridized carbons (Fsp3) is 0.273. The molecule has 3 rings (SSSR count). The van der Waals surface area contributed by atoms with Crippen LogP contribution in [0.3, 0.4) is 0 Å². The number of hydrogen-bond donors (Lipinski definition) is 0. The molecule has 2 aromatic rings. The summed E-state index contributed by atoms with van der Waals surface area (Å²) in [6.07, 6.45) is 2.30. The van der Waals surface area contributed by atoms with Crippen LogP contribution in [0.2, 0.25) is 5.15 Å². The van der Waals surface area contributed by atoms with E-state index in [0.29, 0.717) is 27.3 Å². The van der Waals surface area contributed by atoms with Gasteiger partial charge in [0.15, 0.2) is 16.3 Å². The van der Waals surface area contributed by atoms with Crippen LogP contribution in [-0.4, -0.2) is 9.97 Å². The van der Waals surface area contributed by atoms with E-state index in [1.807, 2.05) is 6.07 Å². The lowest BCUT2D eigenvalue weighted by atomic mass is 10.3. The summed E-state index contributed by atoms with van der Waals surface area (Å²) < 4.78 is 7.76. The van der Waals surface area contributed by atoms with Gasteiger partial charge in [-0.05, 0) is 60.6 Å². The highest BCUT2D eigenvalue weighted by molar-refractivity contribution is 9.13. The first-order valence-corrected chi connectivity index (χ1v) is 8.00. The molecule has 0 N–H and O–H groups in total. The zero-order chi connectivity index (χ0) is 12.9. The summed E-state index contributed by atoms with van der Waals surface area (Å²) in [4.78, 5) is 8.78. The van der Waals surface area contributed by atoms with E-state index in [-0.39, 0.29) is 0 Å². The first-order chi connectivity index (χ1) is 8.56. The third-order valence-corrected chi connectivity index (χ3v) is 5.66. The van der Waals surface area contributed by atoms with Crippen molar-refractivity contribution in [3.8, 4) is 11.6 Å². The van der Waals surface area contributed by atoms with Gasteiger partial charge in [0, 0.05) is 12.0 Å². The van der Waals surface area contributed by atoms with E-state index in [9.17, 15) is 0 Å². The second-order valence-corrected chi connectivity index (χ2v) is 6.77. The molecule has 1 fully saturated rings. The molecule has 3 nitrogen and oxygen atoms in total. The highest BCUT2D eigenvalue weighted by atomic mass is 79.9. The number of furan rings is 1. The molecule has 0 bridgehead atoms. The Bertz CT molecular complexity index is 605. The van der Waals surface area contributed by atoms with Crippen LogP contribution in [0.5, 0.6) is 0 Å². The summed E-state index contributed by atoms with van der Waals surface area (Å²) in [5.41, 5.74) is 0.966. The summed E-state index contributed by atoms with van der Waals surface area (Å²) in [5.74, 6) is 1.59. The first kappa shape index (κ1) is 13.1. The second-order valence-electron chi connectivity index (χ2n) is 4.04. The fourth-order valence-electron chi connectivity index (χ4n) is 1.63. The topological polar surface area (TPSA) is 38.9 Å². The Labute approximate surface area is 134 Å². The molecule has 94 valence electrons. The minimum absolute atomic E-state index is 0.422. The van der Waals surface area contributed by atoms with Crippen molar-refractivity contribution in [3.63, 3.8) is 0 Å². The summed E-state index contributed by atoms with van der Waals surface area (Å²) in [7, 11) is 0. The Kier molecular flexibility index (Phi) is 3.55. The van der Waals surface area contributed by atoms with Crippen LogP contribution in [0.4, 0.5) is 0 Å². The Morgan fingerprint density at radius 3 is 2.50 bits per heavy atom. The van der Waals surface area contributed by atoms with E-state index in [0.717, 1.165) is 27.5 Å². The van der Waals surface area contributed by atoms with Gasteiger partial charge in [-0.2, -0.15) is 0 Å². The smallest absolute Gasteiger partial charge is 0.197 e. The van der Waals surface area contributed by atoms with Gasteiger partial charge in [-0.1, -0.05) is 11.6 Å². The number of hydrogen-bond acceptors (Lipinski definition) is 3. The Morgan fingerprint density at radius 1 is 1.22 bits per heavy atom. The summed E-state index contributed by atoms with van der Waals surface area (Å²) >= 11 is 16.2. The quantitative estimate of drug-likeness (QED) is 0.555. The Balaban J connectivity index is 2.12. The molecule has 0 amide bonds. The highest BCUT2D eigenvalue weighted by Crippen LogP contribution is 2.44. The highest BCUT2D eigenvalue weighted by Gasteiger charge is 2.29. The summed E-state index contributed by atoms with van der Waals surface area (Å²) in [6.45, 7) is 0. The molecule has 0 atom stereocenters. The van der Waals surface area contributed by atoms with Crippen LogP contribution in [0, 0.1) is 0 Å². The molecule has 0 saturated heterocycles. The van der Waals surface area contributed by atoms with Gasteiger partial charge >= 0.3 is 0 Å². The van der Waals surface area contributed by atoms with Crippen LogP contribution in [0.1, 0.15) is 24.5 Å². The maximum Gasteiger partial charge on any atom is 0.197 e. The summed E-state index contributed by atoms with van der Waals surface area (Å²) in [5, 5.41) is 0.422. The molecule has 0 spiro atoms. The van der Waals surface area contributed by atoms with Crippen molar-refractivity contribution < 1.29 is 4.42 Å². The molecule has 0 radical (unpaired) electrons. The third-order valence-electron chi connectivity index (χ3n) is 2.67. The molecule has 2 aromatic heterocycles. The van der Waals surface area contributed by atoms with Crippen molar-refractivity contribution >= 4 is 59.4 Å². The lowest BCUT2D eigenvalue weighted by molar-refractivity contribution is 0.549. The zero-order valence-electron chi connectivity index (χ0n) is 8.88. The van der Waals surface area contributed by atoms with Gasteiger partial charge in [0.05, 0.1) is 14.6 Å². The first-order valence-electron chi connectivity index (χ1n) is 5.24. The molecule has 1 aliphatic carbocycles. The summed E-state index contributed by atoms with van der Waals surface area (Å²) in [6, 6.07) is 1.82. The van der Waals surface area contributed by atoms with Gasteiger partial charge in [0.1, 0.15) is 5.15 Å². The predicted molar refractivity (Wildman–Crippen MR) is 79.8 cm³/mol. The second kappa shape index (κ2) is 4.89. The van der Waals surface area contributed by atoms with E-state index in [4.69, 9.17) is 16.0 Å². The third kappa shape index (κ3) is 2.40. The minimum atomic E-state index is 0.422. The molecule has 2 heterocycles. The van der Waals surface area contributed by atoms with Crippen LogP contribution in [0.25, 0.3) is 11.6 Å². The van der Waals surface area contributed by atoms with Crippen molar-refractivity contribution in [2.24, 2.45) is 0 Å². The SMILES string of the molecule is Clc1nc(-c2cc(Br)c(Br)o2)nc(C2CC2)c1Br. The molecule has 18 heavy (non-hydrogen) atoms. The molecular weight excluding hydrogens is 451 g/mol. The molecular formula is C11H6Br3ClN2O. The Morgan fingerprint density at radius 2 is 1.94 bits per heavy atom. The molecule has 7 heteroatoms. The van der Waals surface area contributed by atoms with Gasteiger partial charge in [-0.3, -0.25) is 0 Å². The molecule has 1 saturated carbocycles. The van der Waals surface area contributed by atoms with Crippen molar-refractivity contribution in [2.75, 3.05) is 0 Å². The average Bonchev–Trinajstić information content (AvgIpc) is 3.10. The predicted octanol–water partition coefficient (Wildman–Crippen LogP) is 5.55. The van der Waals surface area contributed by atoms with Gasteiger partial charge in [-0.25, -0.2) is 9.97 Å². The number of nitrogens with zero attached hydrogens (tertiary/aromatic N) is 2. The zero-order valence-corrected chi connectivity index (χ0v) is 14.4. The average molecular weight is 457 g/mol. The minimum Gasteiger partial charge on any atom is -0.445 e. The molecule has 0 aromatic carbocycles. The van der Waals surface area contributed by atoms with Crippen molar-refractivity contribution in [3.05, 3.63) is 30.5 Å². The lowest BCUT2D eigenvalue weighted by Gasteiger charge is -2.05. The molecule has 0 aliphatic heterocycles. The number of aromatic nitrogens is 2. The van der Waals surface area contributed by atoms with Crippen molar-refractivity contribution in [2.45, 2.75) is 18.8 Å². The van der Waals surface area contributed by atoms with E-state index in [1.54, 1.807) is 0 Å². The Hall–Kier alpha value is 0.0900. The number of rotatable bonds is 2. The maximum absolute atomic E-state index is 6.12. The van der Waals surface area contributed by atoms with Gasteiger partial charge in [0.25, 0.3) is 0 Å². The monoisotopic (exact) mass is 454 g/mol. The fourth-order valence-corrected chi connectivity index (χ4v) is 2.89. The normalized spacial score (nSPS) is 15.1. The van der Waals surface area contributed by atoms with Crippen LogP contribution in [0.15, 0.2) is 24.1 Å². The van der Waals surface area contributed by atoms with Crippen LogP contribution in [-0.2, 0) is 0 Å². The van der Waals surface area contributed by atoms with Crippen LogP contribution >= 0.6 is 59.4 Å². The van der Waals surface area contributed by atoms with E-state index in [2.05, 4.69) is 57.8 Å². The van der Waals surface area contributed by atoms with Gasteiger partial charge in [-0.15, -0.1) is 0 Å². The lowest BCUT2D eigenvalue weighted by Crippen LogP contribution is -1.96. The van der Waals surface area contributed by atoms with Crippen LogP contribution < -0.4 is 0 Å². The van der Waals surface area contributed by atoms with E-state index in [1.165, 1.54) is 0 Å². The van der Waals surface area contributed by atoms with E-state index >= 15 is 0 Å².